The Hall–Kier alpha value is -2.07. The third kappa shape index (κ3) is 6.68. The molecule has 0 aromatic heterocycles. The molecule has 2 aromatic carbocycles. The quantitative estimate of drug-likeness (QED) is 0.744. The molecule has 26 heavy (non-hydrogen) atoms. The first-order chi connectivity index (χ1) is 12.2. The summed E-state index contributed by atoms with van der Waals surface area (Å²) < 4.78 is 5.39. The average Bonchev–Trinajstić information content (AvgIpc) is 2.52. The van der Waals surface area contributed by atoms with Gasteiger partial charge in [0.15, 0.2) is 0 Å². The molecule has 0 aliphatic rings. The van der Waals surface area contributed by atoms with E-state index >= 15 is 0 Å². The van der Waals surface area contributed by atoms with E-state index < -0.39 is 5.60 Å². The number of hydrogen-bond donors (Lipinski definition) is 2. The van der Waals surface area contributed by atoms with E-state index in [0.29, 0.717) is 12.5 Å². The molecule has 0 saturated carbocycles. The van der Waals surface area contributed by atoms with Crippen LogP contribution in [0.1, 0.15) is 46.6 Å². The van der Waals surface area contributed by atoms with Crippen molar-refractivity contribution in [3.8, 4) is 0 Å². The lowest BCUT2D eigenvalue weighted by Gasteiger charge is -2.25. The van der Waals surface area contributed by atoms with Gasteiger partial charge in [0.05, 0.1) is 0 Å². The summed E-state index contributed by atoms with van der Waals surface area (Å²) in [4.78, 5) is 12.1. The molecule has 0 unspecified atom stereocenters. The molecule has 1 atom stereocenters. The molecule has 0 radical (unpaired) electrons. The Morgan fingerprint density at radius 3 is 2.46 bits per heavy atom. The second-order valence-electron chi connectivity index (χ2n) is 8.24. The van der Waals surface area contributed by atoms with Gasteiger partial charge in [-0.25, -0.2) is 4.79 Å². The fourth-order valence-electron chi connectivity index (χ4n) is 3.06. The van der Waals surface area contributed by atoms with Crippen LogP contribution in [0.15, 0.2) is 42.5 Å². The van der Waals surface area contributed by atoms with Gasteiger partial charge in [-0.05, 0) is 49.4 Å². The molecule has 4 nitrogen and oxygen atoms in total. The number of hydrogen-bond acceptors (Lipinski definition) is 3. The van der Waals surface area contributed by atoms with Crippen molar-refractivity contribution in [3.05, 3.63) is 48.0 Å². The van der Waals surface area contributed by atoms with Crippen LogP contribution in [0.4, 0.5) is 4.79 Å². The number of amides is 1. The Labute approximate surface area is 157 Å². The molecule has 0 spiro atoms. The molecule has 1 amide bonds. The maximum Gasteiger partial charge on any atom is 0.407 e. The summed E-state index contributed by atoms with van der Waals surface area (Å²) in [5, 5.41) is 9.02. The standard InChI is InChI=1S/C22H32N2O2/c1-16(2)13-19(24-21(25)26-22(3,4)5)15-23-14-18-11-8-10-17-9-6-7-12-20(17)18/h6-12,16,19,23H,13-15H2,1-5H3,(H,24,25)/t19-/m0/s1. The van der Waals surface area contributed by atoms with E-state index in [-0.39, 0.29) is 12.1 Å². The molecule has 0 bridgehead atoms. The number of rotatable bonds is 7. The third-order valence-corrected chi connectivity index (χ3v) is 4.06. The first-order valence-corrected chi connectivity index (χ1v) is 9.41. The van der Waals surface area contributed by atoms with Gasteiger partial charge in [-0.1, -0.05) is 56.3 Å². The van der Waals surface area contributed by atoms with E-state index in [9.17, 15) is 4.79 Å². The fraction of sp³-hybridized carbons (Fsp3) is 0.500. The van der Waals surface area contributed by atoms with Crippen molar-refractivity contribution in [1.82, 2.24) is 10.6 Å². The van der Waals surface area contributed by atoms with Gasteiger partial charge in [-0.15, -0.1) is 0 Å². The highest BCUT2D eigenvalue weighted by Crippen LogP contribution is 2.18. The molecule has 0 aliphatic carbocycles. The highest BCUT2D eigenvalue weighted by molar-refractivity contribution is 5.85. The molecule has 2 N–H and O–H groups in total. The van der Waals surface area contributed by atoms with Gasteiger partial charge >= 0.3 is 6.09 Å². The van der Waals surface area contributed by atoms with Gasteiger partial charge in [-0.2, -0.15) is 0 Å². The van der Waals surface area contributed by atoms with Crippen LogP contribution in [0.3, 0.4) is 0 Å². The van der Waals surface area contributed by atoms with E-state index in [4.69, 9.17) is 4.74 Å². The molecule has 0 saturated heterocycles. The van der Waals surface area contributed by atoms with Crippen molar-refractivity contribution in [1.29, 1.82) is 0 Å². The Morgan fingerprint density at radius 1 is 1.08 bits per heavy atom. The van der Waals surface area contributed by atoms with Crippen molar-refractivity contribution in [2.45, 2.75) is 59.2 Å². The molecular formula is C22H32N2O2. The summed E-state index contributed by atoms with van der Waals surface area (Å²) in [5.74, 6) is 0.495. The topological polar surface area (TPSA) is 50.4 Å². The van der Waals surface area contributed by atoms with Crippen molar-refractivity contribution in [2.24, 2.45) is 5.92 Å². The summed E-state index contributed by atoms with van der Waals surface area (Å²) in [6, 6.07) is 14.8. The Bertz CT molecular complexity index is 714. The molecule has 142 valence electrons. The molecule has 0 aliphatic heterocycles. The SMILES string of the molecule is CC(C)C[C@@H](CNCc1cccc2ccccc12)NC(=O)OC(C)(C)C. The van der Waals surface area contributed by atoms with Crippen LogP contribution < -0.4 is 10.6 Å². The predicted octanol–water partition coefficient (Wildman–Crippen LogP) is 4.87. The van der Waals surface area contributed by atoms with Crippen LogP contribution in [-0.4, -0.2) is 24.3 Å². The van der Waals surface area contributed by atoms with Gasteiger partial charge in [0.2, 0.25) is 0 Å². The van der Waals surface area contributed by atoms with Crippen molar-refractivity contribution in [2.75, 3.05) is 6.54 Å². The molecule has 0 heterocycles. The summed E-state index contributed by atoms with van der Waals surface area (Å²) in [6.07, 6.45) is 0.553. The van der Waals surface area contributed by atoms with E-state index in [1.54, 1.807) is 0 Å². The smallest absolute Gasteiger partial charge is 0.407 e. The van der Waals surface area contributed by atoms with E-state index in [2.05, 4.69) is 66.9 Å². The Balaban J connectivity index is 1.95. The largest absolute Gasteiger partial charge is 0.444 e. The fourth-order valence-corrected chi connectivity index (χ4v) is 3.06. The van der Waals surface area contributed by atoms with Gasteiger partial charge in [0.25, 0.3) is 0 Å². The molecular weight excluding hydrogens is 324 g/mol. The first kappa shape index (κ1) is 20.2. The minimum atomic E-state index is -0.483. The van der Waals surface area contributed by atoms with Crippen LogP contribution in [0.25, 0.3) is 10.8 Å². The molecule has 0 fully saturated rings. The second-order valence-corrected chi connectivity index (χ2v) is 8.24. The second kappa shape index (κ2) is 9.04. The monoisotopic (exact) mass is 356 g/mol. The highest BCUT2D eigenvalue weighted by Gasteiger charge is 2.20. The number of alkyl carbamates (subject to hydrolysis) is 1. The van der Waals surface area contributed by atoms with Gasteiger partial charge in [0.1, 0.15) is 5.60 Å². The van der Waals surface area contributed by atoms with Crippen LogP contribution in [-0.2, 0) is 11.3 Å². The zero-order valence-electron chi connectivity index (χ0n) is 16.6. The first-order valence-electron chi connectivity index (χ1n) is 9.41. The van der Waals surface area contributed by atoms with Crippen LogP contribution in [0, 0.1) is 5.92 Å². The summed E-state index contributed by atoms with van der Waals surface area (Å²) in [5.41, 5.74) is 0.784. The predicted molar refractivity (Wildman–Crippen MR) is 108 cm³/mol. The summed E-state index contributed by atoms with van der Waals surface area (Å²) in [6.45, 7) is 11.4. The molecule has 2 rings (SSSR count). The van der Waals surface area contributed by atoms with Crippen molar-refractivity contribution < 1.29 is 9.53 Å². The minimum Gasteiger partial charge on any atom is -0.444 e. The van der Waals surface area contributed by atoms with Crippen LogP contribution in [0.5, 0.6) is 0 Å². The van der Waals surface area contributed by atoms with Crippen LogP contribution >= 0.6 is 0 Å². The summed E-state index contributed by atoms with van der Waals surface area (Å²) >= 11 is 0. The summed E-state index contributed by atoms with van der Waals surface area (Å²) in [7, 11) is 0. The zero-order chi connectivity index (χ0) is 19.2. The van der Waals surface area contributed by atoms with E-state index in [0.717, 1.165) is 13.0 Å². The number of carbonyl (C=O) groups excluding carboxylic acids is 1. The maximum absolute atomic E-state index is 12.1. The average molecular weight is 357 g/mol. The number of ether oxygens (including phenoxy) is 1. The van der Waals surface area contributed by atoms with Gasteiger partial charge < -0.3 is 15.4 Å². The Kier molecular flexibility index (Phi) is 7.04. The van der Waals surface area contributed by atoms with Gasteiger partial charge in [-0.3, -0.25) is 0 Å². The van der Waals surface area contributed by atoms with Crippen LogP contribution in [0.2, 0.25) is 0 Å². The lowest BCUT2D eigenvalue weighted by Crippen LogP contribution is -2.44. The number of benzene rings is 2. The highest BCUT2D eigenvalue weighted by atomic mass is 16.6. The third-order valence-electron chi connectivity index (χ3n) is 4.06. The number of fused-ring (bicyclic) bond motifs is 1. The lowest BCUT2D eigenvalue weighted by atomic mass is 10.0. The number of carbonyl (C=O) groups is 1. The van der Waals surface area contributed by atoms with E-state index in [1.807, 2.05) is 20.8 Å². The Morgan fingerprint density at radius 2 is 1.77 bits per heavy atom. The normalized spacial score (nSPS) is 13.0. The molecule has 4 heteroatoms. The van der Waals surface area contributed by atoms with Gasteiger partial charge in [0, 0.05) is 19.1 Å². The maximum atomic E-state index is 12.1. The minimum absolute atomic E-state index is 0.0415. The van der Waals surface area contributed by atoms with Crippen molar-refractivity contribution >= 4 is 16.9 Å². The zero-order valence-corrected chi connectivity index (χ0v) is 16.6. The number of nitrogens with one attached hydrogen (secondary N) is 2. The van der Waals surface area contributed by atoms with Crippen molar-refractivity contribution in [3.63, 3.8) is 0 Å². The van der Waals surface area contributed by atoms with E-state index in [1.165, 1.54) is 16.3 Å². The molecule has 2 aromatic rings. The lowest BCUT2D eigenvalue weighted by molar-refractivity contribution is 0.0498.